The topological polar surface area (TPSA) is 62.5 Å². The molecule has 1 saturated carbocycles. The van der Waals surface area contributed by atoms with Gasteiger partial charge in [0.1, 0.15) is 5.82 Å². The van der Waals surface area contributed by atoms with Crippen LogP contribution in [-0.4, -0.2) is 40.3 Å². The lowest BCUT2D eigenvalue weighted by atomic mass is 9.83. The highest BCUT2D eigenvalue weighted by molar-refractivity contribution is 5.80. The molecule has 0 radical (unpaired) electrons. The zero-order valence-corrected chi connectivity index (χ0v) is 17.1. The summed E-state index contributed by atoms with van der Waals surface area (Å²) in [5.74, 6) is 2.29. The third kappa shape index (κ3) is 3.31. The molecule has 29 heavy (non-hydrogen) atoms. The molecule has 1 amide bonds. The number of nitrogen functional groups attached to an aromatic ring is 1. The van der Waals surface area contributed by atoms with E-state index in [1.54, 1.807) is 6.20 Å². The Morgan fingerprint density at radius 1 is 1.14 bits per heavy atom. The van der Waals surface area contributed by atoms with Crippen molar-refractivity contribution in [1.29, 1.82) is 0 Å². The van der Waals surface area contributed by atoms with E-state index in [0.717, 1.165) is 44.6 Å². The highest BCUT2D eigenvalue weighted by Crippen LogP contribution is 2.47. The van der Waals surface area contributed by atoms with E-state index in [0.29, 0.717) is 23.6 Å². The highest BCUT2D eigenvalue weighted by Gasteiger charge is 2.50. The van der Waals surface area contributed by atoms with Gasteiger partial charge in [-0.05, 0) is 42.9 Å². The molecule has 3 aliphatic rings. The van der Waals surface area contributed by atoms with Gasteiger partial charge in [0.05, 0.1) is 6.04 Å². The minimum absolute atomic E-state index is 0.200. The lowest BCUT2D eigenvalue weighted by molar-refractivity contribution is -0.139. The Morgan fingerprint density at radius 2 is 1.97 bits per heavy atom. The van der Waals surface area contributed by atoms with Gasteiger partial charge in [0.25, 0.3) is 0 Å². The molecule has 152 valence electrons. The average molecular weight is 391 g/mol. The van der Waals surface area contributed by atoms with Gasteiger partial charge in [-0.1, -0.05) is 36.8 Å². The molecule has 2 aliphatic heterocycles. The van der Waals surface area contributed by atoms with E-state index in [2.05, 4.69) is 52.0 Å². The van der Waals surface area contributed by atoms with Crippen LogP contribution in [0.25, 0.3) is 0 Å². The van der Waals surface area contributed by atoms with Gasteiger partial charge in [-0.25, -0.2) is 4.98 Å². The van der Waals surface area contributed by atoms with Crippen LogP contribution < -0.4 is 5.73 Å². The van der Waals surface area contributed by atoms with Crippen LogP contribution in [0.2, 0.25) is 0 Å². The van der Waals surface area contributed by atoms with E-state index in [4.69, 9.17) is 5.73 Å². The molecule has 2 saturated heterocycles. The average Bonchev–Trinajstić information content (AvgIpc) is 3.20. The van der Waals surface area contributed by atoms with E-state index >= 15 is 0 Å². The first-order chi connectivity index (χ1) is 14.1. The maximum atomic E-state index is 13.3. The molecular formula is C24H30N4O. The number of pyridine rings is 1. The van der Waals surface area contributed by atoms with Crippen molar-refractivity contribution in [3.05, 3.63) is 59.3 Å². The second kappa shape index (κ2) is 7.45. The number of benzene rings is 1. The van der Waals surface area contributed by atoms with Gasteiger partial charge in [0, 0.05) is 49.8 Å². The maximum Gasteiger partial charge on any atom is 0.226 e. The van der Waals surface area contributed by atoms with Gasteiger partial charge in [-0.3, -0.25) is 9.69 Å². The minimum atomic E-state index is 0.200. The quantitative estimate of drug-likeness (QED) is 0.869. The SMILES string of the molecule is Cc1ccccc1[C@@H]1[C@H]2CN(Cc3cccnc3N)C[C@H]2CN1C(=O)C1CCC1. The van der Waals surface area contributed by atoms with E-state index in [-0.39, 0.29) is 12.0 Å². The van der Waals surface area contributed by atoms with Crippen molar-refractivity contribution in [2.45, 2.75) is 38.8 Å². The summed E-state index contributed by atoms with van der Waals surface area (Å²) in [5, 5.41) is 0. The Balaban J connectivity index is 1.40. The third-order valence-corrected chi connectivity index (χ3v) is 7.30. The molecule has 2 N–H and O–H groups in total. The van der Waals surface area contributed by atoms with Crippen molar-refractivity contribution in [2.75, 3.05) is 25.4 Å². The fourth-order valence-corrected chi connectivity index (χ4v) is 5.53. The van der Waals surface area contributed by atoms with Crippen molar-refractivity contribution in [3.8, 4) is 0 Å². The van der Waals surface area contributed by atoms with Crippen molar-refractivity contribution < 1.29 is 4.79 Å². The summed E-state index contributed by atoms with van der Waals surface area (Å²) in [6, 6.07) is 12.8. The van der Waals surface area contributed by atoms with Gasteiger partial charge < -0.3 is 10.6 Å². The molecule has 1 aromatic carbocycles. The number of amides is 1. The summed E-state index contributed by atoms with van der Waals surface area (Å²) < 4.78 is 0. The number of likely N-dealkylation sites (tertiary alicyclic amines) is 2. The standard InChI is InChI=1S/C24H30N4O/c1-16-6-2-3-10-20(16)22-21-15-27(12-18-9-5-11-26-23(18)25)13-19(21)14-28(22)24(29)17-7-4-8-17/h2-3,5-6,9-11,17,19,21-22H,4,7-8,12-15H2,1H3,(H2,25,26)/t19-,21-,22+/m0/s1. The lowest BCUT2D eigenvalue weighted by Gasteiger charge is -2.35. The van der Waals surface area contributed by atoms with Crippen LogP contribution >= 0.6 is 0 Å². The Bertz CT molecular complexity index is 909. The molecule has 5 heteroatoms. The molecule has 3 fully saturated rings. The molecule has 2 aromatic rings. The van der Waals surface area contributed by atoms with Crippen molar-refractivity contribution in [2.24, 2.45) is 17.8 Å². The van der Waals surface area contributed by atoms with Crippen molar-refractivity contribution >= 4 is 11.7 Å². The van der Waals surface area contributed by atoms with E-state index in [1.807, 2.05) is 6.07 Å². The Kier molecular flexibility index (Phi) is 4.78. The molecule has 1 aliphatic carbocycles. The number of rotatable bonds is 4. The number of anilines is 1. The lowest BCUT2D eigenvalue weighted by Crippen LogP contribution is -2.41. The normalized spacial score (nSPS) is 27.1. The van der Waals surface area contributed by atoms with Crippen LogP contribution in [-0.2, 0) is 11.3 Å². The predicted octanol–water partition coefficient (Wildman–Crippen LogP) is 3.40. The first-order valence-corrected chi connectivity index (χ1v) is 10.9. The Labute approximate surface area is 172 Å². The van der Waals surface area contributed by atoms with Gasteiger partial charge in [0.2, 0.25) is 5.91 Å². The van der Waals surface area contributed by atoms with Gasteiger partial charge in [-0.15, -0.1) is 0 Å². The summed E-state index contributed by atoms with van der Waals surface area (Å²) in [7, 11) is 0. The van der Waals surface area contributed by atoms with Crippen molar-refractivity contribution in [1.82, 2.24) is 14.8 Å². The van der Waals surface area contributed by atoms with Gasteiger partial charge >= 0.3 is 0 Å². The zero-order valence-electron chi connectivity index (χ0n) is 17.1. The first-order valence-electron chi connectivity index (χ1n) is 10.9. The van der Waals surface area contributed by atoms with Crippen LogP contribution in [0.3, 0.4) is 0 Å². The number of carbonyl (C=O) groups excluding carboxylic acids is 1. The molecular weight excluding hydrogens is 360 g/mol. The van der Waals surface area contributed by atoms with Crippen LogP contribution in [0.15, 0.2) is 42.6 Å². The number of carbonyl (C=O) groups is 1. The summed E-state index contributed by atoms with van der Waals surface area (Å²) in [6.07, 6.45) is 5.08. The van der Waals surface area contributed by atoms with E-state index < -0.39 is 0 Å². The van der Waals surface area contributed by atoms with Gasteiger partial charge in [0.15, 0.2) is 0 Å². The summed E-state index contributed by atoms with van der Waals surface area (Å²) in [4.78, 5) is 22.2. The summed E-state index contributed by atoms with van der Waals surface area (Å²) in [5.41, 5.74) is 9.80. The van der Waals surface area contributed by atoms with Crippen LogP contribution in [0.4, 0.5) is 5.82 Å². The number of nitrogens with two attached hydrogens (primary N) is 1. The molecule has 5 rings (SSSR count). The number of nitrogens with zero attached hydrogens (tertiary/aromatic N) is 3. The Morgan fingerprint density at radius 3 is 2.69 bits per heavy atom. The largest absolute Gasteiger partial charge is 0.383 e. The second-order valence-electron chi connectivity index (χ2n) is 9.09. The van der Waals surface area contributed by atoms with E-state index in [9.17, 15) is 4.79 Å². The summed E-state index contributed by atoms with van der Waals surface area (Å²) >= 11 is 0. The monoisotopic (exact) mass is 390 g/mol. The number of aromatic nitrogens is 1. The third-order valence-electron chi connectivity index (χ3n) is 7.30. The summed E-state index contributed by atoms with van der Waals surface area (Å²) in [6.45, 7) is 5.93. The highest BCUT2D eigenvalue weighted by atomic mass is 16.2. The Hall–Kier alpha value is -2.40. The van der Waals surface area contributed by atoms with E-state index in [1.165, 1.54) is 17.5 Å². The van der Waals surface area contributed by atoms with Crippen LogP contribution in [0, 0.1) is 24.7 Å². The maximum absolute atomic E-state index is 13.3. The molecule has 3 heterocycles. The van der Waals surface area contributed by atoms with Crippen LogP contribution in [0.5, 0.6) is 0 Å². The number of hydrogen-bond donors (Lipinski definition) is 1. The number of aryl methyl sites for hydroxylation is 1. The molecule has 3 atom stereocenters. The molecule has 0 spiro atoms. The molecule has 1 aromatic heterocycles. The fraction of sp³-hybridized carbons (Fsp3) is 0.500. The number of hydrogen-bond acceptors (Lipinski definition) is 4. The first kappa shape index (κ1) is 18.6. The van der Waals surface area contributed by atoms with Crippen LogP contribution in [0.1, 0.15) is 42.0 Å². The minimum Gasteiger partial charge on any atom is -0.383 e. The molecule has 5 nitrogen and oxygen atoms in total. The molecule has 0 bridgehead atoms. The van der Waals surface area contributed by atoms with Crippen molar-refractivity contribution in [3.63, 3.8) is 0 Å². The fourth-order valence-electron chi connectivity index (χ4n) is 5.53. The zero-order chi connectivity index (χ0) is 20.0. The van der Waals surface area contributed by atoms with Gasteiger partial charge in [-0.2, -0.15) is 0 Å². The second-order valence-corrected chi connectivity index (χ2v) is 9.09. The molecule has 0 unspecified atom stereocenters. The number of fused-ring (bicyclic) bond motifs is 1. The predicted molar refractivity (Wildman–Crippen MR) is 114 cm³/mol. The smallest absolute Gasteiger partial charge is 0.226 e.